The maximum atomic E-state index is 6.17. The van der Waals surface area contributed by atoms with Gasteiger partial charge in [-0.2, -0.15) is 0 Å². The smallest absolute Gasteiger partial charge is 0.0801 e. The highest BCUT2D eigenvalue weighted by Crippen LogP contribution is 2.13. The highest BCUT2D eigenvalue weighted by molar-refractivity contribution is 5.12. The summed E-state index contributed by atoms with van der Waals surface area (Å²) in [6.45, 7) is 16.0. The monoisotopic (exact) mass is 374 g/mol. The Hall–Kier alpha value is -1.60. The first kappa shape index (κ1) is 30.1. The van der Waals surface area contributed by atoms with Gasteiger partial charge in [0.2, 0.25) is 0 Å². The van der Waals surface area contributed by atoms with Crippen molar-refractivity contribution in [2.75, 3.05) is 0 Å². The van der Waals surface area contributed by atoms with Crippen LogP contribution in [0.1, 0.15) is 81.1 Å². The summed E-state index contributed by atoms with van der Waals surface area (Å²) in [6.07, 6.45) is 30.0. The normalized spacial score (nSPS) is 24.7. The molecule has 0 spiro atoms. The van der Waals surface area contributed by atoms with Crippen molar-refractivity contribution in [3.63, 3.8) is 0 Å². The summed E-state index contributed by atoms with van der Waals surface area (Å²) in [7, 11) is 0. The minimum atomic E-state index is 0.159. The Bertz CT molecular complexity index is 381. The lowest BCUT2D eigenvalue weighted by Gasteiger charge is -2.18. The topological polar surface area (TPSA) is 9.23 Å². The summed E-state index contributed by atoms with van der Waals surface area (Å²) in [5.74, 6) is 0. The molecular formula is C26H46O. The first-order valence-corrected chi connectivity index (χ1v) is 11.1. The third kappa shape index (κ3) is 20.6. The Labute approximate surface area is 171 Å². The largest absolute Gasteiger partial charge is 0.366 e. The van der Waals surface area contributed by atoms with Gasteiger partial charge in [-0.3, -0.25) is 0 Å². The molecule has 0 aromatic rings. The van der Waals surface area contributed by atoms with Gasteiger partial charge in [-0.15, -0.1) is 0 Å². The number of hydrogen-bond acceptors (Lipinski definition) is 1. The number of ether oxygens (including phenoxy) is 1. The molecule has 0 heterocycles. The van der Waals surface area contributed by atoms with Gasteiger partial charge in [0, 0.05) is 0 Å². The maximum Gasteiger partial charge on any atom is 0.0801 e. The molecule has 0 aliphatic heterocycles. The molecule has 0 saturated carbocycles. The van der Waals surface area contributed by atoms with Crippen LogP contribution in [-0.4, -0.2) is 12.2 Å². The van der Waals surface area contributed by atoms with E-state index >= 15 is 0 Å². The van der Waals surface area contributed by atoms with E-state index in [-0.39, 0.29) is 12.2 Å². The molecule has 0 amide bonds. The van der Waals surface area contributed by atoms with Gasteiger partial charge < -0.3 is 4.74 Å². The zero-order chi connectivity index (χ0) is 21.2. The predicted molar refractivity (Wildman–Crippen MR) is 127 cm³/mol. The third-order valence-electron chi connectivity index (χ3n) is 3.11. The van der Waals surface area contributed by atoms with E-state index in [9.17, 15) is 0 Å². The minimum Gasteiger partial charge on any atom is -0.366 e. The van der Waals surface area contributed by atoms with Gasteiger partial charge in [0.15, 0.2) is 0 Å². The quantitative estimate of drug-likeness (QED) is 0.439. The second-order valence-corrected chi connectivity index (χ2v) is 4.72. The third-order valence-corrected chi connectivity index (χ3v) is 3.11. The van der Waals surface area contributed by atoms with Crippen molar-refractivity contribution in [3.8, 4) is 0 Å². The predicted octanol–water partition coefficient (Wildman–Crippen LogP) is 8.77. The average molecular weight is 375 g/mol. The molecule has 1 heteroatoms. The second-order valence-electron chi connectivity index (χ2n) is 4.72. The van der Waals surface area contributed by atoms with Gasteiger partial charge in [-0.1, -0.05) is 128 Å². The molecule has 0 bridgehead atoms. The molecule has 2 aliphatic rings. The van der Waals surface area contributed by atoms with Crippen LogP contribution < -0.4 is 0 Å². The number of hydrogen-bond donors (Lipinski definition) is 0. The highest BCUT2D eigenvalue weighted by Gasteiger charge is 2.10. The van der Waals surface area contributed by atoms with E-state index < -0.39 is 0 Å². The summed E-state index contributed by atoms with van der Waals surface area (Å²) in [6, 6.07) is 0. The first-order chi connectivity index (χ1) is 13.4. The molecular weight excluding hydrogens is 328 g/mol. The van der Waals surface area contributed by atoms with Crippen LogP contribution in [0.5, 0.6) is 0 Å². The Kier molecular flexibility index (Phi) is 32.6. The Morgan fingerprint density at radius 2 is 0.852 bits per heavy atom. The van der Waals surface area contributed by atoms with E-state index in [1.807, 2.05) is 55.4 Å². The van der Waals surface area contributed by atoms with Crippen molar-refractivity contribution in [2.24, 2.45) is 0 Å². The van der Waals surface area contributed by atoms with Gasteiger partial charge in [-0.25, -0.2) is 0 Å². The van der Waals surface area contributed by atoms with Crippen molar-refractivity contribution >= 4 is 0 Å². The van der Waals surface area contributed by atoms with E-state index in [0.29, 0.717) is 0 Å². The molecule has 156 valence electrons. The fraction of sp³-hybridized carbons (Fsp3) is 0.538. The standard InChI is InChI=1S/C18H22O.4C2H6/c1-2-6-10-14-17(13-9-5-1)19-18-15-11-7-3-4-8-12-16-18;4*1-2/h1,3,5-13,15,17-18H,2,4,14,16H2;4*1-2H3/b5-1-,7-3?,10-6-,12-8-,13-9-,15-11?;;;;. The molecule has 0 fully saturated rings. The molecule has 2 rings (SSSR count). The van der Waals surface area contributed by atoms with E-state index in [1.54, 1.807) is 0 Å². The molecule has 2 aliphatic carbocycles. The van der Waals surface area contributed by atoms with Crippen molar-refractivity contribution in [1.82, 2.24) is 0 Å². The van der Waals surface area contributed by atoms with Crippen LogP contribution in [0.25, 0.3) is 0 Å². The second kappa shape index (κ2) is 29.2. The van der Waals surface area contributed by atoms with Gasteiger partial charge >= 0.3 is 0 Å². The summed E-state index contributed by atoms with van der Waals surface area (Å²) in [4.78, 5) is 0. The SMILES string of the molecule is C1=CC/C=C\CC(OC2/C=C\C=C/C/C=C\C2)C=C1.CC.CC.CC.CC. The molecule has 1 nitrogen and oxygen atoms in total. The van der Waals surface area contributed by atoms with Crippen LogP contribution in [0.4, 0.5) is 0 Å². The Balaban J connectivity index is -0.000000638. The highest BCUT2D eigenvalue weighted by atomic mass is 16.5. The van der Waals surface area contributed by atoms with E-state index in [0.717, 1.165) is 25.7 Å². The zero-order valence-electron chi connectivity index (χ0n) is 19.3. The summed E-state index contributed by atoms with van der Waals surface area (Å²) < 4.78 is 6.17. The number of rotatable bonds is 2. The van der Waals surface area contributed by atoms with Gasteiger partial charge in [0.25, 0.3) is 0 Å². The van der Waals surface area contributed by atoms with E-state index in [2.05, 4.69) is 72.9 Å². The van der Waals surface area contributed by atoms with Crippen molar-refractivity contribution in [2.45, 2.75) is 93.3 Å². The summed E-state index contributed by atoms with van der Waals surface area (Å²) in [5.41, 5.74) is 0. The molecule has 0 radical (unpaired) electrons. The maximum absolute atomic E-state index is 6.17. The molecule has 2 unspecified atom stereocenters. The molecule has 0 N–H and O–H groups in total. The van der Waals surface area contributed by atoms with E-state index in [1.165, 1.54) is 0 Å². The summed E-state index contributed by atoms with van der Waals surface area (Å²) in [5, 5.41) is 0. The van der Waals surface area contributed by atoms with Crippen LogP contribution in [0.3, 0.4) is 0 Å². The fourth-order valence-corrected chi connectivity index (χ4v) is 2.08. The molecule has 27 heavy (non-hydrogen) atoms. The summed E-state index contributed by atoms with van der Waals surface area (Å²) >= 11 is 0. The lowest BCUT2D eigenvalue weighted by atomic mass is 10.2. The fourth-order valence-electron chi connectivity index (χ4n) is 2.08. The van der Waals surface area contributed by atoms with Crippen LogP contribution in [0.15, 0.2) is 72.9 Å². The van der Waals surface area contributed by atoms with Gasteiger partial charge in [0.05, 0.1) is 12.2 Å². The van der Waals surface area contributed by atoms with Crippen LogP contribution in [0, 0.1) is 0 Å². The lowest BCUT2D eigenvalue weighted by Crippen LogP contribution is -2.18. The molecule has 0 aromatic carbocycles. The van der Waals surface area contributed by atoms with Crippen LogP contribution in [0.2, 0.25) is 0 Å². The van der Waals surface area contributed by atoms with Crippen LogP contribution >= 0.6 is 0 Å². The van der Waals surface area contributed by atoms with E-state index in [4.69, 9.17) is 4.74 Å². The molecule has 2 atom stereocenters. The van der Waals surface area contributed by atoms with Crippen molar-refractivity contribution in [3.05, 3.63) is 72.9 Å². The average Bonchev–Trinajstić information content (AvgIpc) is 2.98. The minimum absolute atomic E-state index is 0.159. The Morgan fingerprint density at radius 1 is 0.481 bits per heavy atom. The molecule has 0 saturated heterocycles. The van der Waals surface area contributed by atoms with Gasteiger partial charge in [0.1, 0.15) is 0 Å². The Morgan fingerprint density at radius 3 is 1.22 bits per heavy atom. The lowest BCUT2D eigenvalue weighted by molar-refractivity contribution is 0.0450. The number of allylic oxidation sites excluding steroid dienone is 8. The van der Waals surface area contributed by atoms with Crippen molar-refractivity contribution < 1.29 is 4.74 Å². The van der Waals surface area contributed by atoms with Gasteiger partial charge in [-0.05, 0) is 25.7 Å². The molecule has 0 aromatic heterocycles. The van der Waals surface area contributed by atoms with Crippen LogP contribution in [-0.2, 0) is 4.74 Å². The van der Waals surface area contributed by atoms with Crippen molar-refractivity contribution in [1.29, 1.82) is 0 Å². The zero-order valence-corrected chi connectivity index (χ0v) is 19.3. The first-order valence-electron chi connectivity index (χ1n) is 11.1.